The van der Waals surface area contributed by atoms with Crippen molar-refractivity contribution in [2.24, 2.45) is 5.73 Å². The number of rotatable bonds is 5. The summed E-state index contributed by atoms with van der Waals surface area (Å²) < 4.78 is 7.54. The Bertz CT molecular complexity index is 518. The highest BCUT2D eigenvalue weighted by molar-refractivity contribution is 5.89. The maximum Gasteiger partial charge on any atom is 0.190 e. The average Bonchev–Trinajstić information content (AvgIpc) is 2.82. The molecule has 0 aliphatic heterocycles. The van der Waals surface area contributed by atoms with Gasteiger partial charge in [0.2, 0.25) is 0 Å². The van der Waals surface area contributed by atoms with E-state index in [9.17, 15) is 0 Å². The number of nitrogens with zero attached hydrogens (tertiary/aromatic N) is 2. The van der Waals surface area contributed by atoms with Crippen LogP contribution in [0.1, 0.15) is 0 Å². The molecule has 0 unspecified atom stereocenters. The van der Waals surface area contributed by atoms with Gasteiger partial charge in [-0.3, -0.25) is 5.41 Å². The number of ether oxygens (including phenoxy) is 1. The van der Waals surface area contributed by atoms with Crippen molar-refractivity contribution in [2.45, 2.75) is 6.54 Å². The van der Waals surface area contributed by atoms with Crippen LogP contribution in [0.2, 0.25) is 0 Å². The van der Waals surface area contributed by atoms with Crippen LogP contribution in [0.15, 0.2) is 43.0 Å². The molecule has 0 saturated carbocycles. The Morgan fingerprint density at radius 1 is 1.40 bits per heavy atom. The summed E-state index contributed by atoms with van der Waals surface area (Å²) in [4.78, 5) is 3.95. The molecule has 1 heterocycles. The van der Waals surface area contributed by atoms with E-state index in [-0.39, 0.29) is 30.8 Å². The molecular weight excluding hydrogens is 301 g/mol. The lowest BCUT2D eigenvalue weighted by Gasteiger charge is -2.09. The largest absolute Gasteiger partial charge is 0.492 e. The maximum atomic E-state index is 7.15. The molecule has 0 bridgehead atoms. The minimum atomic E-state index is -0.0921. The first-order valence-electron chi connectivity index (χ1n) is 5.54. The van der Waals surface area contributed by atoms with Gasteiger partial charge in [-0.15, -0.1) is 24.8 Å². The van der Waals surface area contributed by atoms with Crippen molar-refractivity contribution in [2.75, 3.05) is 11.9 Å². The molecule has 0 spiro atoms. The molecular formula is C12H17Cl2N5O. The standard InChI is InChI=1S/C12H15N5O.2ClH/c13-12(14)16-10-2-1-3-11(8-10)18-7-6-17-5-4-15-9-17;;/h1-5,8-9H,6-7H2,(H4,13,14,16);2*1H. The lowest BCUT2D eigenvalue weighted by molar-refractivity contribution is 0.298. The second-order valence-electron chi connectivity index (χ2n) is 3.72. The van der Waals surface area contributed by atoms with Crippen LogP contribution in [-0.4, -0.2) is 22.1 Å². The van der Waals surface area contributed by atoms with E-state index in [2.05, 4.69) is 10.3 Å². The van der Waals surface area contributed by atoms with E-state index in [0.717, 1.165) is 18.0 Å². The zero-order valence-electron chi connectivity index (χ0n) is 10.7. The zero-order valence-corrected chi connectivity index (χ0v) is 12.3. The van der Waals surface area contributed by atoms with E-state index in [0.29, 0.717) is 6.61 Å². The van der Waals surface area contributed by atoms with Crippen molar-refractivity contribution < 1.29 is 4.74 Å². The molecule has 20 heavy (non-hydrogen) atoms. The fourth-order valence-electron chi connectivity index (χ4n) is 1.51. The summed E-state index contributed by atoms with van der Waals surface area (Å²) in [7, 11) is 0. The minimum absolute atomic E-state index is 0. The number of benzene rings is 1. The second-order valence-corrected chi connectivity index (χ2v) is 3.72. The first-order valence-corrected chi connectivity index (χ1v) is 5.54. The molecule has 0 atom stereocenters. The highest BCUT2D eigenvalue weighted by atomic mass is 35.5. The molecule has 1 aromatic carbocycles. The van der Waals surface area contributed by atoms with Gasteiger partial charge in [0.25, 0.3) is 0 Å². The van der Waals surface area contributed by atoms with E-state index in [1.54, 1.807) is 18.6 Å². The van der Waals surface area contributed by atoms with Crippen molar-refractivity contribution in [3.63, 3.8) is 0 Å². The van der Waals surface area contributed by atoms with Gasteiger partial charge >= 0.3 is 0 Å². The first-order chi connectivity index (χ1) is 8.74. The number of guanidine groups is 1. The summed E-state index contributed by atoms with van der Waals surface area (Å²) >= 11 is 0. The summed E-state index contributed by atoms with van der Waals surface area (Å²) in [6.45, 7) is 1.30. The van der Waals surface area contributed by atoms with Crippen molar-refractivity contribution in [1.29, 1.82) is 5.41 Å². The molecule has 2 rings (SSSR count). The maximum absolute atomic E-state index is 7.15. The lowest BCUT2D eigenvalue weighted by atomic mass is 10.3. The Labute approximate surface area is 129 Å². The fraction of sp³-hybridized carbons (Fsp3) is 0.167. The SMILES string of the molecule is Cl.Cl.N=C(N)Nc1cccc(OCCn2ccnc2)c1. The third-order valence-electron chi connectivity index (χ3n) is 2.29. The molecule has 2 aromatic rings. The summed E-state index contributed by atoms with van der Waals surface area (Å²) in [6, 6.07) is 7.33. The van der Waals surface area contributed by atoms with Gasteiger partial charge in [0.1, 0.15) is 12.4 Å². The predicted octanol–water partition coefficient (Wildman–Crippen LogP) is 2.11. The monoisotopic (exact) mass is 317 g/mol. The van der Waals surface area contributed by atoms with Crippen LogP contribution in [0.4, 0.5) is 5.69 Å². The number of hydrogen-bond acceptors (Lipinski definition) is 3. The first kappa shape index (κ1) is 18.1. The minimum Gasteiger partial charge on any atom is -0.492 e. The Morgan fingerprint density at radius 3 is 2.85 bits per heavy atom. The van der Waals surface area contributed by atoms with E-state index in [4.69, 9.17) is 15.9 Å². The summed E-state index contributed by atoms with van der Waals surface area (Å²) in [5.74, 6) is 0.645. The molecule has 0 radical (unpaired) electrons. The molecule has 6 nitrogen and oxygen atoms in total. The van der Waals surface area contributed by atoms with Crippen LogP contribution in [-0.2, 0) is 6.54 Å². The van der Waals surface area contributed by atoms with E-state index >= 15 is 0 Å². The number of hydrogen-bond donors (Lipinski definition) is 3. The van der Waals surface area contributed by atoms with E-state index < -0.39 is 0 Å². The molecule has 0 amide bonds. The molecule has 0 aliphatic carbocycles. The van der Waals surface area contributed by atoms with Gasteiger partial charge in [-0.1, -0.05) is 6.07 Å². The zero-order chi connectivity index (χ0) is 12.8. The fourth-order valence-corrected chi connectivity index (χ4v) is 1.51. The number of nitrogens with one attached hydrogen (secondary N) is 2. The molecule has 4 N–H and O–H groups in total. The van der Waals surface area contributed by atoms with Gasteiger partial charge in [-0.05, 0) is 12.1 Å². The topological polar surface area (TPSA) is 89.0 Å². The van der Waals surface area contributed by atoms with Crippen LogP contribution in [0.3, 0.4) is 0 Å². The molecule has 110 valence electrons. The van der Waals surface area contributed by atoms with Crippen LogP contribution in [0.25, 0.3) is 0 Å². The van der Waals surface area contributed by atoms with Gasteiger partial charge in [0.05, 0.1) is 12.9 Å². The average molecular weight is 318 g/mol. The number of anilines is 1. The summed E-state index contributed by atoms with van der Waals surface area (Å²) in [5.41, 5.74) is 6.00. The molecule has 0 aliphatic rings. The van der Waals surface area contributed by atoms with Crippen LogP contribution >= 0.6 is 24.8 Å². The van der Waals surface area contributed by atoms with Crippen molar-refractivity contribution in [1.82, 2.24) is 9.55 Å². The number of aromatic nitrogens is 2. The normalized spacial score (nSPS) is 9.00. The number of nitrogens with two attached hydrogens (primary N) is 1. The molecule has 0 fully saturated rings. The van der Waals surface area contributed by atoms with Gasteiger partial charge in [-0.25, -0.2) is 4.98 Å². The second kappa shape index (κ2) is 9.06. The summed E-state index contributed by atoms with van der Waals surface area (Å²) in [6.07, 6.45) is 5.37. The van der Waals surface area contributed by atoms with Crippen LogP contribution in [0.5, 0.6) is 5.75 Å². The predicted molar refractivity (Wildman–Crippen MR) is 84.2 cm³/mol. The van der Waals surface area contributed by atoms with Crippen molar-refractivity contribution >= 4 is 36.5 Å². The van der Waals surface area contributed by atoms with Gasteiger partial charge < -0.3 is 20.4 Å². The van der Waals surface area contributed by atoms with Gasteiger partial charge in [-0.2, -0.15) is 0 Å². The van der Waals surface area contributed by atoms with Crippen LogP contribution < -0.4 is 15.8 Å². The third kappa shape index (κ3) is 5.81. The molecule has 0 saturated heterocycles. The van der Waals surface area contributed by atoms with Crippen molar-refractivity contribution in [3.05, 3.63) is 43.0 Å². The summed E-state index contributed by atoms with van der Waals surface area (Å²) in [5, 5.41) is 9.87. The highest BCUT2D eigenvalue weighted by Crippen LogP contribution is 2.16. The Balaban J connectivity index is 0.00000180. The van der Waals surface area contributed by atoms with E-state index in [1.807, 2.05) is 29.0 Å². The van der Waals surface area contributed by atoms with Gasteiger partial charge in [0.15, 0.2) is 5.96 Å². The number of imidazole rings is 1. The lowest BCUT2D eigenvalue weighted by Crippen LogP contribution is -2.20. The Hall–Kier alpha value is -1.92. The highest BCUT2D eigenvalue weighted by Gasteiger charge is 1.98. The molecule has 1 aromatic heterocycles. The smallest absolute Gasteiger partial charge is 0.190 e. The quantitative estimate of drug-likeness (QED) is 0.582. The third-order valence-corrected chi connectivity index (χ3v) is 2.29. The Kier molecular flexibility index (Phi) is 8.19. The number of halogens is 2. The van der Waals surface area contributed by atoms with Gasteiger partial charge in [0, 0.05) is 24.1 Å². The Morgan fingerprint density at radius 2 is 2.20 bits per heavy atom. The molecule has 8 heteroatoms. The van der Waals surface area contributed by atoms with Crippen molar-refractivity contribution in [3.8, 4) is 5.75 Å². The van der Waals surface area contributed by atoms with E-state index in [1.165, 1.54) is 0 Å². The van der Waals surface area contributed by atoms with Crippen LogP contribution in [0, 0.1) is 5.41 Å².